The molecule has 0 aliphatic carbocycles. The number of nitrogens with two attached hydrogens (primary N) is 1. The van der Waals surface area contributed by atoms with E-state index in [2.05, 4.69) is 25.4 Å². The number of aryl methyl sites for hydroxylation is 2. The molecular formula is C15H21N9O. The summed E-state index contributed by atoms with van der Waals surface area (Å²) < 4.78 is 3.39. The van der Waals surface area contributed by atoms with Crippen LogP contribution in [0, 0.1) is 6.92 Å². The van der Waals surface area contributed by atoms with Crippen molar-refractivity contribution in [2.45, 2.75) is 26.9 Å². The SMILES string of the molecule is CCn1nc(C)cc1NC(=O)Cn1cnc2c(N(C)C)nc(N)nc21. The number of nitrogen functional groups attached to an aromatic ring is 1. The van der Waals surface area contributed by atoms with Crippen LogP contribution < -0.4 is 16.0 Å². The molecule has 0 spiro atoms. The van der Waals surface area contributed by atoms with E-state index in [0.717, 1.165) is 5.69 Å². The molecule has 10 nitrogen and oxygen atoms in total. The molecule has 0 saturated heterocycles. The maximum absolute atomic E-state index is 12.4. The first-order valence-electron chi connectivity index (χ1n) is 7.89. The minimum atomic E-state index is -0.197. The standard InChI is InChI=1S/C15H21N9O/c1-5-24-10(6-9(2)21-24)18-11(25)7-23-8-17-12-13(22(3)4)19-15(16)20-14(12)23/h6,8H,5,7H2,1-4H3,(H,18,25)(H2,16,19,20). The summed E-state index contributed by atoms with van der Waals surface area (Å²) in [6.45, 7) is 4.59. The number of fused-ring (bicyclic) bond motifs is 1. The number of hydrogen-bond acceptors (Lipinski definition) is 7. The third-order valence-corrected chi connectivity index (χ3v) is 3.67. The second kappa shape index (κ2) is 6.38. The first kappa shape index (κ1) is 16.7. The van der Waals surface area contributed by atoms with Crippen molar-refractivity contribution in [2.24, 2.45) is 0 Å². The highest BCUT2D eigenvalue weighted by Crippen LogP contribution is 2.21. The predicted octanol–water partition coefficient (Wildman–Crippen LogP) is 0.638. The Kier molecular flexibility index (Phi) is 4.26. The Hall–Kier alpha value is -3.17. The molecule has 3 aromatic heterocycles. The fraction of sp³-hybridized carbons (Fsp3) is 0.400. The first-order valence-corrected chi connectivity index (χ1v) is 7.89. The monoisotopic (exact) mass is 343 g/mol. The van der Waals surface area contributed by atoms with E-state index in [-0.39, 0.29) is 18.4 Å². The molecule has 0 aliphatic rings. The van der Waals surface area contributed by atoms with Gasteiger partial charge in [-0.1, -0.05) is 0 Å². The number of hydrogen-bond donors (Lipinski definition) is 2. The molecule has 0 aliphatic heterocycles. The lowest BCUT2D eigenvalue weighted by Gasteiger charge is -2.12. The number of rotatable bonds is 5. The van der Waals surface area contributed by atoms with Gasteiger partial charge in [-0.25, -0.2) is 9.67 Å². The van der Waals surface area contributed by atoms with E-state index in [0.29, 0.717) is 29.3 Å². The summed E-state index contributed by atoms with van der Waals surface area (Å²) in [5.74, 6) is 1.22. The fourth-order valence-electron chi connectivity index (χ4n) is 2.60. The molecule has 0 radical (unpaired) electrons. The van der Waals surface area contributed by atoms with E-state index < -0.39 is 0 Å². The lowest BCUT2D eigenvalue weighted by Crippen LogP contribution is -2.21. The van der Waals surface area contributed by atoms with E-state index in [1.165, 1.54) is 0 Å². The Labute approximate surface area is 144 Å². The number of carbonyl (C=O) groups excluding carboxylic acids is 1. The Balaban J connectivity index is 1.86. The summed E-state index contributed by atoms with van der Waals surface area (Å²) in [7, 11) is 3.70. The molecule has 1 amide bonds. The zero-order valence-electron chi connectivity index (χ0n) is 14.7. The van der Waals surface area contributed by atoms with Gasteiger partial charge in [-0.2, -0.15) is 15.1 Å². The lowest BCUT2D eigenvalue weighted by molar-refractivity contribution is -0.116. The molecule has 0 bridgehead atoms. The molecule has 25 heavy (non-hydrogen) atoms. The normalized spacial score (nSPS) is 11.0. The molecule has 0 aromatic carbocycles. The number of nitrogens with zero attached hydrogens (tertiary/aromatic N) is 7. The molecule has 10 heteroatoms. The maximum Gasteiger partial charge on any atom is 0.245 e. The van der Waals surface area contributed by atoms with Crippen LogP contribution in [0.15, 0.2) is 12.4 Å². The van der Waals surface area contributed by atoms with Crippen LogP contribution in [0.5, 0.6) is 0 Å². The summed E-state index contributed by atoms with van der Waals surface area (Å²) in [4.78, 5) is 27.0. The Morgan fingerprint density at radius 2 is 2.12 bits per heavy atom. The number of amides is 1. The van der Waals surface area contributed by atoms with Crippen LogP contribution >= 0.6 is 0 Å². The van der Waals surface area contributed by atoms with Gasteiger partial charge in [0.05, 0.1) is 12.0 Å². The van der Waals surface area contributed by atoms with E-state index in [9.17, 15) is 4.79 Å². The van der Waals surface area contributed by atoms with Gasteiger partial charge < -0.3 is 20.5 Å². The van der Waals surface area contributed by atoms with Gasteiger partial charge in [0.25, 0.3) is 0 Å². The summed E-state index contributed by atoms with van der Waals surface area (Å²) in [5.41, 5.74) is 7.75. The van der Waals surface area contributed by atoms with Gasteiger partial charge in [-0.05, 0) is 13.8 Å². The first-order chi connectivity index (χ1) is 11.9. The Morgan fingerprint density at radius 1 is 1.36 bits per heavy atom. The molecule has 3 N–H and O–H groups in total. The summed E-state index contributed by atoms with van der Waals surface area (Å²) in [5, 5.41) is 7.18. The van der Waals surface area contributed by atoms with Gasteiger partial charge in [0.15, 0.2) is 17.0 Å². The number of carbonyl (C=O) groups is 1. The van der Waals surface area contributed by atoms with Crippen molar-refractivity contribution in [2.75, 3.05) is 30.0 Å². The zero-order chi connectivity index (χ0) is 18.1. The highest BCUT2D eigenvalue weighted by Gasteiger charge is 2.16. The van der Waals surface area contributed by atoms with Crippen LogP contribution in [-0.4, -0.2) is 49.3 Å². The molecule has 0 unspecified atom stereocenters. The maximum atomic E-state index is 12.4. The molecule has 3 heterocycles. The van der Waals surface area contributed by atoms with E-state index in [4.69, 9.17) is 5.73 Å². The largest absolute Gasteiger partial charge is 0.368 e. The minimum absolute atomic E-state index is 0.0633. The van der Waals surface area contributed by atoms with Crippen molar-refractivity contribution in [3.8, 4) is 0 Å². The van der Waals surface area contributed by atoms with Crippen molar-refractivity contribution in [3.05, 3.63) is 18.1 Å². The van der Waals surface area contributed by atoms with Gasteiger partial charge in [-0.15, -0.1) is 0 Å². The van der Waals surface area contributed by atoms with E-state index >= 15 is 0 Å². The second-order valence-corrected chi connectivity index (χ2v) is 5.88. The van der Waals surface area contributed by atoms with E-state index in [1.54, 1.807) is 20.5 Å². The third-order valence-electron chi connectivity index (χ3n) is 3.67. The van der Waals surface area contributed by atoms with Crippen LogP contribution in [0.3, 0.4) is 0 Å². The molecule has 3 aromatic rings. The smallest absolute Gasteiger partial charge is 0.245 e. The number of nitrogens with one attached hydrogen (secondary N) is 1. The Morgan fingerprint density at radius 3 is 2.80 bits per heavy atom. The number of anilines is 3. The van der Waals surface area contributed by atoms with Gasteiger partial charge in [0, 0.05) is 26.7 Å². The summed E-state index contributed by atoms with van der Waals surface area (Å²) in [6, 6.07) is 1.83. The fourth-order valence-corrected chi connectivity index (χ4v) is 2.60. The van der Waals surface area contributed by atoms with Crippen molar-refractivity contribution in [1.82, 2.24) is 29.3 Å². The van der Waals surface area contributed by atoms with Crippen molar-refractivity contribution in [3.63, 3.8) is 0 Å². The van der Waals surface area contributed by atoms with E-state index in [1.807, 2.05) is 34.0 Å². The topological polar surface area (TPSA) is 120 Å². The predicted molar refractivity (Wildman–Crippen MR) is 95.3 cm³/mol. The minimum Gasteiger partial charge on any atom is -0.368 e. The van der Waals surface area contributed by atoms with Crippen molar-refractivity contribution in [1.29, 1.82) is 0 Å². The van der Waals surface area contributed by atoms with Crippen molar-refractivity contribution < 1.29 is 4.79 Å². The average Bonchev–Trinajstić information content (AvgIpc) is 3.09. The second-order valence-electron chi connectivity index (χ2n) is 5.88. The number of imidazole rings is 1. The van der Waals surface area contributed by atoms with Crippen LogP contribution in [0.1, 0.15) is 12.6 Å². The highest BCUT2D eigenvalue weighted by atomic mass is 16.2. The zero-order valence-corrected chi connectivity index (χ0v) is 14.7. The molecule has 0 fully saturated rings. The van der Waals surface area contributed by atoms with Crippen LogP contribution in [0.25, 0.3) is 11.2 Å². The van der Waals surface area contributed by atoms with Crippen molar-refractivity contribution >= 4 is 34.7 Å². The summed E-state index contributed by atoms with van der Waals surface area (Å²) >= 11 is 0. The molecule has 0 saturated carbocycles. The highest BCUT2D eigenvalue weighted by molar-refractivity contribution is 5.91. The summed E-state index contributed by atoms with van der Waals surface area (Å²) in [6.07, 6.45) is 1.56. The molecule has 0 atom stereocenters. The molecular weight excluding hydrogens is 322 g/mol. The average molecular weight is 343 g/mol. The lowest BCUT2D eigenvalue weighted by atomic mass is 10.4. The number of aromatic nitrogens is 6. The molecule has 132 valence electrons. The van der Waals surface area contributed by atoms with Gasteiger partial charge in [0.2, 0.25) is 11.9 Å². The van der Waals surface area contributed by atoms with Crippen LogP contribution in [0.2, 0.25) is 0 Å². The van der Waals surface area contributed by atoms with Gasteiger partial charge in [0.1, 0.15) is 12.4 Å². The third kappa shape index (κ3) is 3.23. The quantitative estimate of drug-likeness (QED) is 0.697. The Bertz CT molecular complexity index is 925. The molecule has 3 rings (SSSR count). The van der Waals surface area contributed by atoms with Crippen LogP contribution in [0.4, 0.5) is 17.6 Å². The van der Waals surface area contributed by atoms with Gasteiger partial charge in [-0.3, -0.25) is 4.79 Å². The van der Waals surface area contributed by atoms with Crippen LogP contribution in [-0.2, 0) is 17.9 Å². The van der Waals surface area contributed by atoms with Gasteiger partial charge >= 0.3 is 0 Å².